The first-order chi connectivity index (χ1) is 25.9. The topological polar surface area (TPSA) is 135 Å². The Labute approximate surface area is 307 Å². The van der Waals surface area contributed by atoms with Crippen molar-refractivity contribution < 1.29 is 23.2 Å². The molecule has 11 heteroatoms. The van der Waals surface area contributed by atoms with Gasteiger partial charge in [-0.25, -0.2) is 9.97 Å². The first-order valence-electron chi connectivity index (χ1n) is 18.0. The number of para-hydroxylation sites is 1. The van der Waals surface area contributed by atoms with Gasteiger partial charge in [0.15, 0.2) is 23.4 Å². The first kappa shape index (κ1) is 30.7. The van der Waals surface area contributed by atoms with Crippen LogP contribution in [0.1, 0.15) is 59.5 Å². The van der Waals surface area contributed by atoms with Crippen LogP contribution in [-0.2, 0) is 27.8 Å². The highest BCUT2D eigenvalue weighted by Crippen LogP contribution is 2.61. The van der Waals surface area contributed by atoms with E-state index >= 15 is 0 Å². The van der Waals surface area contributed by atoms with Crippen molar-refractivity contribution in [3.63, 3.8) is 0 Å². The number of nitrogens with zero attached hydrogens (tertiary/aromatic N) is 2. The molecule has 262 valence electrons. The predicted octanol–water partition coefficient (Wildman–Crippen LogP) is 8.19. The minimum Gasteiger partial charge on any atom is -0.469 e. The highest BCUT2D eigenvalue weighted by molar-refractivity contribution is 7.10. The second-order valence-electron chi connectivity index (χ2n) is 14.8. The maximum Gasteiger partial charge on any atom is 0.249 e. The number of ether oxygens (including phenoxy) is 1. The average Bonchev–Trinajstić information content (AvgIpc) is 3.99. The van der Waals surface area contributed by atoms with Crippen LogP contribution in [-0.4, -0.2) is 32.9 Å². The summed E-state index contributed by atoms with van der Waals surface area (Å²) in [6.45, 7) is 4.05. The van der Waals surface area contributed by atoms with Crippen molar-refractivity contribution in [3.8, 4) is 39.8 Å². The van der Waals surface area contributed by atoms with Crippen LogP contribution in [0.5, 0.6) is 5.75 Å². The summed E-state index contributed by atoms with van der Waals surface area (Å²) in [6, 6.07) is 22.0. The van der Waals surface area contributed by atoms with Crippen molar-refractivity contribution in [2.45, 2.75) is 50.8 Å². The van der Waals surface area contributed by atoms with Gasteiger partial charge in [-0.1, -0.05) is 62.4 Å². The van der Waals surface area contributed by atoms with Crippen molar-refractivity contribution >= 4 is 39.6 Å². The molecule has 10 bridgehead atoms. The SMILES string of the molecule is CC(C)[C@@H]1NC(=O)C(CC(=O)Cc2cccs2)Cc2ccc3c(c2)[C@]24c5cccc(c5NC2O3)-c2cccc3[nH]cc(c23)-c2cnc(o2)-c2nc1oc24. The van der Waals surface area contributed by atoms with Crippen molar-refractivity contribution in [1.82, 2.24) is 20.3 Å². The number of hydrogen-bond donors (Lipinski definition) is 3. The van der Waals surface area contributed by atoms with Crippen LogP contribution in [0.25, 0.3) is 44.9 Å². The Morgan fingerprint density at radius 1 is 1.00 bits per heavy atom. The number of hydrogen-bond acceptors (Lipinski definition) is 9. The van der Waals surface area contributed by atoms with Crippen LogP contribution in [0.4, 0.5) is 5.69 Å². The maximum absolute atomic E-state index is 14.3. The number of aromatic amines is 1. The summed E-state index contributed by atoms with van der Waals surface area (Å²) in [5, 5.41) is 10.1. The largest absolute Gasteiger partial charge is 0.469 e. The number of anilines is 1. The molecule has 7 aromatic rings. The average molecular weight is 720 g/mol. The number of aromatic nitrogens is 3. The summed E-state index contributed by atoms with van der Waals surface area (Å²) in [7, 11) is 0. The van der Waals surface area contributed by atoms with Gasteiger partial charge in [0.1, 0.15) is 23.0 Å². The van der Waals surface area contributed by atoms with E-state index in [1.54, 1.807) is 17.5 Å². The van der Waals surface area contributed by atoms with Gasteiger partial charge in [0.05, 0.1) is 6.20 Å². The molecular weight excluding hydrogens is 687 g/mol. The van der Waals surface area contributed by atoms with Gasteiger partial charge in [0.25, 0.3) is 0 Å². The summed E-state index contributed by atoms with van der Waals surface area (Å²) in [4.78, 5) is 42.2. The van der Waals surface area contributed by atoms with Crippen LogP contribution in [0, 0.1) is 11.8 Å². The van der Waals surface area contributed by atoms with Crippen molar-refractivity contribution in [2.24, 2.45) is 11.8 Å². The van der Waals surface area contributed by atoms with Gasteiger partial charge >= 0.3 is 0 Å². The zero-order valence-corrected chi connectivity index (χ0v) is 29.7. The van der Waals surface area contributed by atoms with E-state index in [9.17, 15) is 9.59 Å². The van der Waals surface area contributed by atoms with Gasteiger partial charge in [-0.3, -0.25) is 9.59 Å². The van der Waals surface area contributed by atoms with Gasteiger partial charge in [-0.15, -0.1) is 11.3 Å². The lowest BCUT2D eigenvalue weighted by Crippen LogP contribution is -2.40. The molecule has 0 saturated heterocycles. The number of carbonyl (C=O) groups excluding carboxylic acids is 2. The van der Waals surface area contributed by atoms with Gasteiger partial charge in [0, 0.05) is 68.7 Å². The van der Waals surface area contributed by atoms with Gasteiger partial charge in [-0.05, 0) is 47.0 Å². The van der Waals surface area contributed by atoms with Crippen molar-refractivity contribution in [1.29, 1.82) is 0 Å². The number of nitrogens with one attached hydrogen (secondary N) is 3. The molecule has 3 N–H and O–H groups in total. The molecule has 0 aliphatic carbocycles. The summed E-state index contributed by atoms with van der Waals surface area (Å²) < 4.78 is 20.5. The minimum absolute atomic E-state index is 0.0226. The first-order valence-corrected chi connectivity index (χ1v) is 18.9. The highest BCUT2D eigenvalue weighted by atomic mass is 32.1. The molecule has 53 heavy (non-hydrogen) atoms. The number of H-pyrrole nitrogens is 1. The number of fused-ring (bicyclic) bond motifs is 7. The Morgan fingerprint density at radius 2 is 1.89 bits per heavy atom. The smallest absolute Gasteiger partial charge is 0.249 e. The number of benzene rings is 3. The lowest BCUT2D eigenvalue weighted by molar-refractivity contribution is -0.130. The Kier molecular flexibility index (Phi) is 6.38. The van der Waals surface area contributed by atoms with E-state index in [2.05, 4.69) is 58.1 Å². The molecular formula is C42H33N5O5S. The molecule has 4 aliphatic rings. The summed E-state index contributed by atoms with van der Waals surface area (Å²) in [5.74, 6) is 1.57. The Bertz CT molecular complexity index is 2650. The van der Waals surface area contributed by atoms with Crippen LogP contribution < -0.4 is 15.4 Å². The molecule has 4 atom stereocenters. The fourth-order valence-electron chi connectivity index (χ4n) is 8.93. The molecule has 4 aliphatic heterocycles. The summed E-state index contributed by atoms with van der Waals surface area (Å²) in [5.41, 5.74) is 7.09. The molecule has 10 nitrogen and oxygen atoms in total. The molecule has 1 amide bonds. The number of amides is 1. The van der Waals surface area contributed by atoms with E-state index in [0.29, 0.717) is 47.6 Å². The number of thiophene rings is 1. The minimum atomic E-state index is -1.00. The standard InChI is InChI=1S/C42H33N5O5S/c1-20(2)34-40-46-36-37(52-40)42-28-9-3-8-26(25-7-4-10-30-33(25)27(18-43-30)32-19-44-39(36)50-32)35(28)47-41(42)51-31-12-11-21(15-29(31)42)14-22(38(49)45-34)16-23(48)17-24-6-5-13-53-24/h3-13,15,18-20,22,34,41,43,47H,14,16-17H2,1-2H3,(H,45,49)/t22?,34-,41?,42-/m0/s1. The number of carbonyl (C=O) groups is 2. The molecule has 1 spiro atoms. The third-order valence-corrected chi connectivity index (χ3v) is 12.2. The molecule has 3 aromatic carbocycles. The summed E-state index contributed by atoms with van der Waals surface area (Å²) >= 11 is 1.55. The van der Waals surface area contributed by atoms with Gasteiger partial charge in [-0.2, -0.15) is 0 Å². The quantitative estimate of drug-likeness (QED) is 0.162. The molecule has 0 fully saturated rings. The molecule has 2 unspecified atom stereocenters. The van der Waals surface area contributed by atoms with Crippen LogP contribution in [0.2, 0.25) is 0 Å². The van der Waals surface area contributed by atoms with E-state index in [4.69, 9.17) is 23.5 Å². The third kappa shape index (κ3) is 4.31. The third-order valence-electron chi connectivity index (χ3n) is 11.4. The van der Waals surface area contributed by atoms with E-state index in [1.807, 2.05) is 49.7 Å². The normalized spacial score (nSPS) is 21.7. The second-order valence-corrected chi connectivity index (χ2v) is 15.9. The fourth-order valence-corrected chi connectivity index (χ4v) is 9.66. The van der Waals surface area contributed by atoms with Crippen molar-refractivity contribution in [3.05, 3.63) is 118 Å². The van der Waals surface area contributed by atoms with E-state index in [-0.39, 0.29) is 24.0 Å². The maximum atomic E-state index is 14.3. The van der Waals surface area contributed by atoms with Crippen molar-refractivity contribution in [2.75, 3.05) is 5.32 Å². The zero-order chi connectivity index (χ0) is 35.6. The Balaban J connectivity index is 1.18. The van der Waals surface area contributed by atoms with Crippen LogP contribution in [0.15, 0.2) is 93.3 Å². The van der Waals surface area contributed by atoms with E-state index in [0.717, 1.165) is 54.8 Å². The number of oxazole rings is 2. The number of Topliss-reactive ketones (excluding diaryl/α,β-unsaturated/α-hetero) is 1. The monoisotopic (exact) mass is 719 g/mol. The fraction of sp³-hybridized carbons (Fsp3) is 0.238. The predicted molar refractivity (Wildman–Crippen MR) is 200 cm³/mol. The molecule has 0 radical (unpaired) electrons. The molecule has 0 saturated carbocycles. The lowest BCUT2D eigenvalue weighted by atomic mass is 9.72. The van der Waals surface area contributed by atoms with Gasteiger partial charge < -0.3 is 29.2 Å². The number of rotatable bonds is 5. The second kappa shape index (κ2) is 11.0. The molecule has 4 aromatic heterocycles. The molecule has 11 rings (SSSR count). The lowest BCUT2D eigenvalue weighted by Gasteiger charge is -2.28. The highest BCUT2D eigenvalue weighted by Gasteiger charge is 2.61. The summed E-state index contributed by atoms with van der Waals surface area (Å²) in [6.07, 6.45) is 3.87. The molecule has 8 heterocycles. The number of ketones is 1. The Hall–Kier alpha value is -5.94. The van der Waals surface area contributed by atoms with Crippen LogP contribution >= 0.6 is 11.3 Å². The van der Waals surface area contributed by atoms with Gasteiger partial charge in [0.2, 0.25) is 17.7 Å². The van der Waals surface area contributed by atoms with E-state index in [1.165, 1.54) is 0 Å². The Morgan fingerprint density at radius 3 is 2.75 bits per heavy atom. The van der Waals surface area contributed by atoms with Crippen LogP contribution in [0.3, 0.4) is 0 Å². The van der Waals surface area contributed by atoms with E-state index < -0.39 is 23.6 Å². The zero-order valence-electron chi connectivity index (χ0n) is 28.9.